The van der Waals surface area contributed by atoms with Gasteiger partial charge in [-0.1, -0.05) is 0 Å². The Hall–Kier alpha value is -3.63. The SMILES string of the molecule is CC1C(=O)N2C1O/C(=C\COC(=O)Oc1ccc([N+](=O)[O-])cc1)[C@@H]2C(=O)O. The summed E-state index contributed by atoms with van der Waals surface area (Å²) in [4.78, 5) is 45.9. The molecular formula is C16H14N2O9. The van der Waals surface area contributed by atoms with Gasteiger partial charge in [0.25, 0.3) is 5.69 Å². The molecule has 142 valence electrons. The molecule has 0 spiro atoms. The molecule has 2 fully saturated rings. The fourth-order valence-corrected chi connectivity index (χ4v) is 2.77. The normalized spacial score (nSPS) is 24.6. The quantitative estimate of drug-likeness (QED) is 0.263. The minimum Gasteiger partial charge on any atom is -0.479 e. The molecule has 0 radical (unpaired) electrons. The van der Waals surface area contributed by atoms with Crippen molar-refractivity contribution >= 4 is 23.7 Å². The van der Waals surface area contributed by atoms with Gasteiger partial charge in [0.15, 0.2) is 12.3 Å². The van der Waals surface area contributed by atoms with Gasteiger partial charge in [0.1, 0.15) is 18.1 Å². The van der Waals surface area contributed by atoms with Crippen LogP contribution in [0, 0.1) is 16.0 Å². The lowest BCUT2D eigenvalue weighted by Crippen LogP contribution is -2.60. The predicted octanol–water partition coefficient (Wildman–Crippen LogP) is 1.28. The van der Waals surface area contributed by atoms with E-state index in [0.29, 0.717) is 0 Å². The molecule has 1 aromatic rings. The minimum absolute atomic E-state index is 0.00772. The molecule has 11 heteroatoms. The largest absolute Gasteiger partial charge is 0.514 e. The maximum atomic E-state index is 11.8. The van der Waals surface area contributed by atoms with Gasteiger partial charge in [-0.2, -0.15) is 0 Å². The maximum Gasteiger partial charge on any atom is 0.514 e. The minimum atomic E-state index is -1.26. The van der Waals surface area contributed by atoms with E-state index in [1.54, 1.807) is 6.92 Å². The monoisotopic (exact) mass is 378 g/mol. The summed E-state index contributed by atoms with van der Waals surface area (Å²) in [6, 6.07) is 3.54. The number of nitro benzene ring substituents is 1. The highest BCUT2D eigenvalue weighted by Gasteiger charge is 2.58. The molecule has 0 saturated carbocycles. The smallest absolute Gasteiger partial charge is 0.479 e. The number of nitrogens with zero attached hydrogens (tertiary/aromatic N) is 2. The topological polar surface area (TPSA) is 146 Å². The van der Waals surface area contributed by atoms with Crippen LogP contribution in [0.2, 0.25) is 0 Å². The van der Waals surface area contributed by atoms with Gasteiger partial charge in [0.2, 0.25) is 5.91 Å². The van der Waals surface area contributed by atoms with Crippen LogP contribution in [0.1, 0.15) is 6.92 Å². The number of fused-ring (bicyclic) bond motifs is 1. The van der Waals surface area contributed by atoms with Crippen LogP contribution in [0.4, 0.5) is 10.5 Å². The Morgan fingerprint density at radius 2 is 2.04 bits per heavy atom. The van der Waals surface area contributed by atoms with E-state index in [9.17, 15) is 29.6 Å². The summed E-state index contributed by atoms with van der Waals surface area (Å²) in [5, 5.41) is 19.8. The van der Waals surface area contributed by atoms with Gasteiger partial charge in [0, 0.05) is 12.1 Å². The zero-order valence-corrected chi connectivity index (χ0v) is 13.9. The standard InChI is InChI=1S/C16H14N2O9/c1-8-13(19)17-12(15(20)21)11(27-14(8)17)6-7-25-16(22)26-10-4-2-9(3-5-10)18(23)24/h2-6,8,12,14H,7H2,1H3,(H,20,21)/b11-6-/t8?,12-,14?/m1/s1. The molecule has 2 saturated heterocycles. The van der Waals surface area contributed by atoms with Crippen molar-refractivity contribution in [3.8, 4) is 5.75 Å². The lowest BCUT2D eigenvalue weighted by Gasteiger charge is -2.39. The molecule has 2 aliphatic rings. The molecule has 0 aromatic heterocycles. The predicted molar refractivity (Wildman–Crippen MR) is 85.5 cm³/mol. The van der Waals surface area contributed by atoms with Gasteiger partial charge in [-0.15, -0.1) is 0 Å². The molecule has 0 bridgehead atoms. The van der Waals surface area contributed by atoms with E-state index in [0.717, 1.165) is 17.0 Å². The fourth-order valence-electron chi connectivity index (χ4n) is 2.77. The molecule has 2 unspecified atom stereocenters. The summed E-state index contributed by atoms with van der Waals surface area (Å²) in [5.41, 5.74) is -0.160. The molecule has 1 aromatic carbocycles. The van der Waals surface area contributed by atoms with Crippen molar-refractivity contribution in [1.82, 2.24) is 4.90 Å². The second kappa shape index (κ2) is 6.94. The van der Waals surface area contributed by atoms with Crippen LogP contribution in [0.5, 0.6) is 5.75 Å². The highest BCUT2D eigenvalue weighted by Crippen LogP contribution is 2.40. The van der Waals surface area contributed by atoms with Gasteiger partial charge in [-0.05, 0) is 25.1 Å². The Bertz CT molecular complexity index is 833. The molecule has 2 heterocycles. The second-order valence-corrected chi connectivity index (χ2v) is 5.80. The number of amides is 1. The maximum absolute atomic E-state index is 11.8. The number of hydrogen-bond acceptors (Lipinski definition) is 8. The lowest BCUT2D eigenvalue weighted by atomic mass is 9.97. The first kappa shape index (κ1) is 18.2. The van der Waals surface area contributed by atoms with Crippen molar-refractivity contribution in [3.05, 3.63) is 46.2 Å². The molecule has 3 rings (SSSR count). The first-order valence-electron chi connectivity index (χ1n) is 7.80. The number of nitro groups is 1. The summed E-state index contributed by atoms with van der Waals surface area (Å²) in [5.74, 6) is -1.96. The first-order chi connectivity index (χ1) is 12.8. The second-order valence-electron chi connectivity index (χ2n) is 5.80. The number of carboxylic acid groups (broad SMARTS) is 1. The van der Waals surface area contributed by atoms with Gasteiger partial charge < -0.3 is 19.3 Å². The van der Waals surface area contributed by atoms with Gasteiger partial charge >= 0.3 is 12.1 Å². The third-order valence-electron chi connectivity index (χ3n) is 4.12. The average molecular weight is 378 g/mol. The molecule has 11 nitrogen and oxygen atoms in total. The number of non-ortho nitro benzene ring substituents is 1. The number of β-lactam (4-membered cyclic amide) rings is 1. The Balaban J connectivity index is 1.56. The average Bonchev–Trinajstić information content (AvgIpc) is 2.98. The number of aliphatic carboxylic acids is 1. The number of carboxylic acids is 1. The van der Waals surface area contributed by atoms with Crippen molar-refractivity contribution in [2.75, 3.05) is 6.61 Å². The molecule has 1 N–H and O–H groups in total. The van der Waals surface area contributed by atoms with Crippen LogP contribution in [0.3, 0.4) is 0 Å². The number of benzene rings is 1. The molecule has 27 heavy (non-hydrogen) atoms. The number of carbonyl (C=O) groups excluding carboxylic acids is 2. The van der Waals surface area contributed by atoms with Crippen LogP contribution in [-0.2, 0) is 19.1 Å². The Labute approximate surface area is 151 Å². The van der Waals surface area contributed by atoms with Crippen molar-refractivity contribution in [3.63, 3.8) is 0 Å². The van der Waals surface area contributed by atoms with Crippen LogP contribution < -0.4 is 4.74 Å². The van der Waals surface area contributed by atoms with Crippen LogP contribution in [-0.4, -0.2) is 51.8 Å². The summed E-state index contributed by atoms with van der Waals surface area (Å²) >= 11 is 0. The fraction of sp³-hybridized carbons (Fsp3) is 0.312. The van der Waals surface area contributed by atoms with Crippen LogP contribution in [0.25, 0.3) is 0 Å². The Morgan fingerprint density at radius 3 is 2.63 bits per heavy atom. The first-order valence-corrected chi connectivity index (χ1v) is 7.80. The molecule has 3 atom stereocenters. The molecular weight excluding hydrogens is 364 g/mol. The third kappa shape index (κ3) is 3.38. The van der Waals surface area contributed by atoms with Crippen molar-refractivity contribution in [2.24, 2.45) is 5.92 Å². The van der Waals surface area contributed by atoms with E-state index < -0.39 is 35.2 Å². The number of hydrogen-bond donors (Lipinski definition) is 1. The third-order valence-corrected chi connectivity index (χ3v) is 4.12. The zero-order chi connectivity index (χ0) is 19.7. The highest BCUT2D eigenvalue weighted by molar-refractivity contribution is 5.92. The number of ether oxygens (including phenoxy) is 3. The summed E-state index contributed by atoms with van der Waals surface area (Å²) in [6.07, 6.45) is -0.482. The van der Waals surface area contributed by atoms with Gasteiger partial charge in [0.05, 0.1) is 10.8 Å². The Kier molecular flexibility index (Phi) is 4.67. The van der Waals surface area contributed by atoms with Gasteiger partial charge in [-0.3, -0.25) is 19.8 Å². The Morgan fingerprint density at radius 1 is 1.37 bits per heavy atom. The number of rotatable bonds is 5. The van der Waals surface area contributed by atoms with Crippen LogP contribution in [0.15, 0.2) is 36.1 Å². The van der Waals surface area contributed by atoms with Crippen molar-refractivity contribution in [1.29, 1.82) is 0 Å². The van der Waals surface area contributed by atoms with Crippen molar-refractivity contribution < 1.29 is 38.6 Å². The lowest BCUT2D eigenvalue weighted by molar-refractivity contribution is -0.384. The van der Waals surface area contributed by atoms with Gasteiger partial charge in [-0.25, -0.2) is 9.59 Å². The molecule has 0 aliphatic carbocycles. The van der Waals surface area contributed by atoms with Crippen molar-refractivity contribution in [2.45, 2.75) is 19.2 Å². The van der Waals surface area contributed by atoms with E-state index in [2.05, 4.69) is 0 Å². The summed E-state index contributed by atoms with van der Waals surface area (Å²) < 4.78 is 15.1. The summed E-state index contributed by atoms with van der Waals surface area (Å²) in [7, 11) is 0. The highest BCUT2D eigenvalue weighted by atomic mass is 16.7. The molecule has 1 amide bonds. The van der Waals surface area contributed by atoms with E-state index in [1.165, 1.54) is 18.2 Å². The summed E-state index contributed by atoms with van der Waals surface area (Å²) in [6.45, 7) is 1.29. The van der Waals surface area contributed by atoms with E-state index in [4.69, 9.17) is 14.2 Å². The number of carbonyl (C=O) groups is 3. The van der Waals surface area contributed by atoms with Crippen LogP contribution >= 0.6 is 0 Å². The van der Waals surface area contributed by atoms with E-state index in [1.807, 2.05) is 0 Å². The molecule has 2 aliphatic heterocycles. The van der Waals surface area contributed by atoms with E-state index in [-0.39, 0.29) is 29.7 Å². The van der Waals surface area contributed by atoms with E-state index >= 15 is 0 Å². The zero-order valence-electron chi connectivity index (χ0n) is 13.9.